The first-order valence-corrected chi connectivity index (χ1v) is 9.54. The van der Waals surface area contributed by atoms with Gasteiger partial charge in [0.05, 0.1) is 4.47 Å². The van der Waals surface area contributed by atoms with Crippen molar-refractivity contribution in [1.29, 1.82) is 5.26 Å². The van der Waals surface area contributed by atoms with Gasteiger partial charge >= 0.3 is 5.97 Å². The standard InChI is InChI=1S/C17H16BrIN2O4/c18-14-7-12(19)6-10(16(14)25-9-15(22)23)5-11(8-20)17(24)21-13-3-1-2-4-13/h5-7,13H,1-4,9H2,(H,21,24)(H,22,23)/b11-5-. The Bertz CT molecular complexity index is 752. The zero-order valence-electron chi connectivity index (χ0n) is 13.2. The number of nitrogens with one attached hydrogen (secondary N) is 1. The summed E-state index contributed by atoms with van der Waals surface area (Å²) in [5.41, 5.74) is 0.430. The summed E-state index contributed by atoms with van der Waals surface area (Å²) in [6.45, 7) is -0.518. The topological polar surface area (TPSA) is 99.4 Å². The summed E-state index contributed by atoms with van der Waals surface area (Å²) in [5, 5.41) is 21.0. The van der Waals surface area contributed by atoms with E-state index in [9.17, 15) is 14.9 Å². The molecule has 2 rings (SSSR count). The van der Waals surface area contributed by atoms with Gasteiger partial charge in [-0.25, -0.2) is 4.79 Å². The molecule has 0 unspecified atom stereocenters. The van der Waals surface area contributed by atoms with Crippen molar-refractivity contribution >= 4 is 56.5 Å². The monoisotopic (exact) mass is 518 g/mol. The Morgan fingerprint density at radius 2 is 2.12 bits per heavy atom. The highest BCUT2D eigenvalue weighted by Gasteiger charge is 2.20. The molecule has 0 bridgehead atoms. The molecule has 25 heavy (non-hydrogen) atoms. The van der Waals surface area contributed by atoms with Crippen LogP contribution in [0.4, 0.5) is 0 Å². The molecule has 0 heterocycles. The second kappa shape index (κ2) is 9.20. The molecule has 0 atom stereocenters. The molecule has 0 spiro atoms. The number of aliphatic carboxylic acids is 1. The summed E-state index contributed by atoms with van der Waals surface area (Å²) < 4.78 is 6.72. The minimum atomic E-state index is -1.11. The summed E-state index contributed by atoms with van der Waals surface area (Å²) in [6.07, 6.45) is 5.42. The van der Waals surface area contributed by atoms with Gasteiger partial charge in [-0.15, -0.1) is 0 Å². The van der Waals surface area contributed by atoms with E-state index < -0.39 is 18.5 Å². The Kier molecular flexibility index (Phi) is 7.25. The second-order valence-corrected chi connectivity index (χ2v) is 7.71. The first-order chi connectivity index (χ1) is 11.9. The third-order valence-corrected chi connectivity index (χ3v) is 4.94. The lowest BCUT2D eigenvalue weighted by Gasteiger charge is -2.13. The average Bonchev–Trinajstić information content (AvgIpc) is 3.03. The van der Waals surface area contributed by atoms with Crippen molar-refractivity contribution in [2.24, 2.45) is 0 Å². The molecule has 1 aromatic carbocycles. The Labute approximate surface area is 167 Å². The smallest absolute Gasteiger partial charge is 0.341 e. The zero-order chi connectivity index (χ0) is 18.4. The van der Waals surface area contributed by atoms with Crippen molar-refractivity contribution in [3.8, 4) is 11.8 Å². The third kappa shape index (κ3) is 5.71. The maximum Gasteiger partial charge on any atom is 0.341 e. The van der Waals surface area contributed by atoms with Gasteiger partial charge in [-0.3, -0.25) is 4.79 Å². The molecular weight excluding hydrogens is 503 g/mol. The summed E-state index contributed by atoms with van der Waals surface area (Å²) in [5.74, 6) is -1.25. The van der Waals surface area contributed by atoms with E-state index in [1.807, 2.05) is 6.07 Å². The number of amides is 1. The van der Waals surface area contributed by atoms with Gasteiger partial charge in [0.25, 0.3) is 5.91 Å². The number of benzene rings is 1. The Hall–Kier alpha value is -1.60. The lowest BCUT2D eigenvalue weighted by atomic mass is 10.1. The van der Waals surface area contributed by atoms with Crippen LogP contribution in [-0.4, -0.2) is 29.6 Å². The molecule has 6 nitrogen and oxygen atoms in total. The van der Waals surface area contributed by atoms with Crippen LogP contribution in [0.5, 0.6) is 5.75 Å². The fraction of sp³-hybridized carbons (Fsp3) is 0.353. The van der Waals surface area contributed by atoms with Crippen molar-refractivity contribution in [3.63, 3.8) is 0 Å². The molecule has 1 fully saturated rings. The number of ether oxygens (including phenoxy) is 1. The van der Waals surface area contributed by atoms with Crippen LogP contribution in [-0.2, 0) is 9.59 Å². The van der Waals surface area contributed by atoms with Gasteiger partial charge in [-0.05, 0) is 69.6 Å². The molecule has 1 aromatic rings. The van der Waals surface area contributed by atoms with Gasteiger partial charge in [-0.2, -0.15) is 5.26 Å². The Morgan fingerprint density at radius 3 is 2.72 bits per heavy atom. The van der Waals surface area contributed by atoms with Crippen LogP contribution in [0.1, 0.15) is 31.2 Å². The molecule has 8 heteroatoms. The Morgan fingerprint density at radius 1 is 1.44 bits per heavy atom. The van der Waals surface area contributed by atoms with E-state index in [-0.39, 0.29) is 17.4 Å². The molecule has 0 aliphatic heterocycles. The zero-order valence-corrected chi connectivity index (χ0v) is 17.0. The van der Waals surface area contributed by atoms with Crippen LogP contribution in [0.3, 0.4) is 0 Å². The van der Waals surface area contributed by atoms with E-state index in [1.54, 1.807) is 12.1 Å². The van der Waals surface area contributed by atoms with Gasteiger partial charge < -0.3 is 15.2 Å². The van der Waals surface area contributed by atoms with Crippen LogP contribution >= 0.6 is 38.5 Å². The highest BCUT2D eigenvalue weighted by molar-refractivity contribution is 14.1. The predicted octanol–water partition coefficient (Wildman–Crippen LogP) is 3.48. The quantitative estimate of drug-likeness (QED) is 0.341. The van der Waals surface area contributed by atoms with E-state index in [2.05, 4.69) is 43.8 Å². The molecule has 132 valence electrons. The van der Waals surface area contributed by atoms with Gasteiger partial charge in [-0.1, -0.05) is 12.8 Å². The number of hydrogen-bond acceptors (Lipinski definition) is 4. The van der Waals surface area contributed by atoms with Crippen LogP contribution < -0.4 is 10.1 Å². The number of rotatable bonds is 6. The minimum absolute atomic E-state index is 0.0408. The first-order valence-electron chi connectivity index (χ1n) is 7.67. The van der Waals surface area contributed by atoms with Crippen LogP contribution in [0.15, 0.2) is 22.2 Å². The summed E-state index contributed by atoms with van der Waals surface area (Å²) in [6, 6.07) is 5.51. The fourth-order valence-corrected chi connectivity index (χ4v) is 4.28. The number of nitriles is 1. The maximum absolute atomic E-state index is 12.3. The van der Waals surface area contributed by atoms with Crippen molar-refractivity contribution in [3.05, 3.63) is 31.3 Å². The largest absolute Gasteiger partial charge is 0.480 e. The number of carboxylic acids is 1. The average molecular weight is 519 g/mol. The van der Waals surface area contributed by atoms with E-state index in [0.717, 1.165) is 29.3 Å². The van der Waals surface area contributed by atoms with Crippen LogP contribution in [0.2, 0.25) is 0 Å². The molecule has 0 radical (unpaired) electrons. The summed E-state index contributed by atoms with van der Waals surface area (Å²) >= 11 is 5.42. The number of carboxylic acid groups (broad SMARTS) is 1. The normalized spacial score (nSPS) is 14.8. The lowest BCUT2D eigenvalue weighted by molar-refractivity contribution is -0.139. The van der Waals surface area contributed by atoms with E-state index in [4.69, 9.17) is 9.84 Å². The number of carbonyl (C=O) groups excluding carboxylic acids is 1. The molecule has 1 aliphatic carbocycles. The molecule has 1 saturated carbocycles. The van der Waals surface area contributed by atoms with E-state index in [0.29, 0.717) is 10.0 Å². The SMILES string of the molecule is N#C/C(=C/c1cc(I)cc(Br)c1OCC(=O)O)C(=O)NC1CCCC1. The van der Waals surface area contributed by atoms with Crippen LogP contribution in [0.25, 0.3) is 6.08 Å². The Balaban J connectivity index is 2.30. The van der Waals surface area contributed by atoms with Gasteiger partial charge in [0.15, 0.2) is 6.61 Å². The number of carbonyl (C=O) groups is 2. The predicted molar refractivity (Wildman–Crippen MR) is 104 cm³/mol. The lowest BCUT2D eigenvalue weighted by Crippen LogP contribution is -2.33. The fourth-order valence-electron chi connectivity index (χ4n) is 2.61. The summed E-state index contributed by atoms with van der Waals surface area (Å²) in [4.78, 5) is 23.1. The highest BCUT2D eigenvalue weighted by atomic mass is 127. The van der Waals surface area contributed by atoms with Gasteiger partial charge in [0.1, 0.15) is 17.4 Å². The first kappa shape index (κ1) is 19.7. The van der Waals surface area contributed by atoms with Crippen molar-refractivity contribution in [2.75, 3.05) is 6.61 Å². The highest BCUT2D eigenvalue weighted by Crippen LogP contribution is 2.33. The minimum Gasteiger partial charge on any atom is -0.480 e. The molecule has 0 aromatic heterocycles. The second-order valence-electron chi connectivity index (χ2n) is 5.61. The maximum atomic E-state index is 12.3. The summed E-state index contributed by atoms with van der Waals surface area (Å²) in [7, 11) is 0. The van der Waals surface area contributed by atoms with Crippen molar-refractivity contribution < 1.29 is 19.4 Å². The van der Waals surface area contributed by atoms with Gasteiger partial charge in [0.2, 0.25) is 0 Å². The molecule has 2 N–H and O–H groups in total. The van der Waals surface area contributed by atoms with E-state index in [1.165, 1.54) is 6.08 Å². The molecule has 1 amide bonds. The number of hydrogen-bond donors (Lipinski definition) is 2. The van der Waals surface area contributed by atoms with E-state index >= 15 is 0 Å². The van der Waals surface area contributed by atoms with Crippen molar-refractivity contribution in [1.82, 2.24) is 5.32 Å². The number of nitrogens with zero attached hydrogens (tertiary/aromatic N) is 1. The molecule has 0 saturated heterocycles. The third-order valence-electron chi connectivity index (χ3n) is 3.73. The molecular formula is C17H16BrIN2O4. The molecule has 1 aliphatic rings. The van der Waals surface area contributed by atoms with Gasteiger partial charge in [0, 0.05) is 15.2 Å². The van der Waals surface area contributed by atoms with Crippen molar-refractivity contribution in [2.45, 2.75) is 31.7 Å². The van der Waals surface area contributed by atoms with Crippen LogP contribution in [0, 0.1) is 14.9 Å². The number of halogens is 2.